The highest BCUT2D eigenvalue weighted by molar-refractivity contribution is 5.85. The smallest absolute Gasteiger partial charge is 0.323 e. The quantitative estimate of drug-likeness (QED) is 0.707. The summed E-state index contributed by atoms with van der Waals surface area (Å²) in [6.45, 7) is 1.81. The highest BCUT2D eigenvalue weighted by atomic mass is 35.5. The molecule has 0 aromatic heterocycles. The predicted molar refractivity (Wildman–Crippen MR) is 56.8 cm³/mol. The Hall–Kier alpha value is -0.280. The van der Waals surface area contributed by atoms with E-state index in [9.17, 15) is 4.79 Å². The second kappa shape index (κ2) is 4.07. The van der Waals surface area contributed by atoms with E-state index < -0.39 is 11.5 Å². The monoisotopic (exact) mass is 219 g/mol. The van der Waals surface area contributed by atoms with Crippen LogP contribution in [-0.4, -0.2) is 22.7 Å². The fourth-order valence-electron chi connectivity index (χ4n) is 2.78. The van der Waals surface area contributed by atoms with Gasteiger partial charge in [-0.25, -0.2) is 0 Å². The van der Waals surface area contributed by atoms with Gasteiger partial charge in [0, 0.05) is 6.04 Å². The maximum Gasteiger partial charge on any atom is 0.323 e. The lowest BCUT2D eigenvalue weighted by molar-refractivity contribution is -0.143. The summed E-state index contributed by atoms with van der Waals surface area (Å²) < 4.78 is 0. The van der Waals surface area contributed by atoms with E-state index in [1.807, 2.05) is 6.92 Å². The molecule has 0 aromatic carbocycles. The van der Waals surface area contributed by atoms with E-state index in [-0.39, 0.29) is 12.4 Å². The largest absolute Gasteiger partial charge is 0.480 e. The SMILES string of the molecule is C[C@@]1(C(=O)O)C[C@@H]2CCCC[C@@H]2N1.Cl. The van der Waals surface area contributed by atoms with Gasteiger partial charge >= 0.3 is 5.97 Å². The maximum atomic E-state index is 11.0. The molecule has 4 heteroatoms. The van der Waals surface area contributed by atoms with Gasteiger partial charge in [0.2, 0.25) is 0 Å². The van der Waals surface area contributed by atoms with E-state index in [0.29, 0.717) is 12.0 Å². The number of carboxylic acid groups (broad SMARTS) is 1. The fraction of sp³-hybridized carbons (Fsp3) is 0.900. The molecule has 1 heterocycles. The number of nitrogens with one attached hydrogen (secondary N) is 1. The molecule has 2 aliphatic rings. The zero-order valence-corrected chi connectivity index (χ0v) is 9.27. The fourth-order valence-corrected chi connectivity index (χ4v) is 2.78. The Balaban J connectivity index is 0.000000980. The van der Waals surface area contributed by atoms with Gasteiger partial charge in [0.05, 0.1) is 0 Å². The summed E-state index contributed by atoms with van der Waals surface area (Å²) in [5.41, 5.74) is -0.653. The van der Waals surface area contributed by atoms with Gasteiger partial charge in [-0.15, -0.1) is 12.4 Å². The maximum absolute atomic E-state index is 11.0. The molecule has 2 fully saturated rings. The number of fused-ring (bicyclic) bond motifs is 1. The Bertz CT molecular complexity index is 218. The number of carboxylic acids is 1. The zero-order chi connectivity index (χ0) is 9.47. The van der Waals surface area contributed by atoms with Gasteiger partial charge < -0.3 is 5.11 Å². The van der Waals surface area contributed by atoms with Crippen molar-refractivity contribution in [2.45, 2.75) is 50.6 Å². The molecule has 0 radical (unpaired) electrons. The Labute approximate surface area is 90.7 Å². The van der Waals surface area contributed by atoms with Gasteiger partial charge in [0.25, 0.3) is 0 Å². The van der Waals surface area contributed by atoms with Gasteiger partial charge in [-0.1, -0.05) is 12.8 Å². The van der Waals surface area contributed by atoms with Crippen LogP contribution in [0.3, 0.4) is 0 Å². The van der Waals surface area contributed by atoms with Crippen molar-refractivity contribution in [2.75, 3.05) is 0 Å². The summed E-state index contributed by atoms with van der Waals surface area (Å²) >= 11 is 0. The molecule has 3 nitrogen and oxygen atoms in total. The minimum absolute atomic E-state index is 0. The van der Waals surface area contributed by atoms with Crippen molar-refractivity contribution in [3.05, 3.63) is 0 Å². The van der Waals surface area contributed by atoms with Crippen LogP contribution in [0, 0.1) is 5.92 Å². The molecule has 1 aliphatic carbocycles. The lowest BCUT2D eigenvalue weighted by Gasteiger charge is -2.24. The van der Waals surface area contributed by atoms with Crippen LogP contribution >= 0.6 is 12.4 Å². The molecule has 1 aliphatic heterocycles. The van der Waals surface area contributed by atoms with E-state index in [1.165, 1.54) is 19.3 Å². The molecule has 0 aromatic rings. The van der Waals surface area contributed by atoms with Crippen LogP contribution in [0.1, 0.15) is 39.0 Å². The van der Waals surface area contributed by atoms with Crippen LogP contribution in [0.25, 0.3) is 0 Å². The molecule has 0 amide bonds. The van der Waals surface area contributed by atoms with Gasteiger partial charge in [0.1, 0.15) is 5.54 Å². The number of halogens is 1. The average Bonchev–Trinajstić information content (AvgIpc) is 2.42. The number of aliphatic carboxylic acids is 1. The van der Waals surface area contributed by atoms with E-state index >= 15 is 0 Å². The number of hydrogen-bond acceptors (Lipinski definition) is 2. The van der Waals surface area contributed by atoms with Crippen LogP contribution in [0.15, 0.2) is 0 Å². The first kappa shape index (κ1) is 11.8. The Morgan fingerprint density at radius 3 is 2.64 bits per heavy atom. The third-order valence-corrected chi connectivity index (χ3v) is 3.56. The molecule has 2 rings (SSSR count). The van der Waals surface area contributed by atoms with Crippen LogP contribution in [-0.2, 0) is 4.79 Å². The molecule has 3 atom stereocenters. The molecule has 0 bridgehead atoms. The summed E-state index contributed by atoms with van der Waals surface area (Å²) in [7, 11) is 0. The van der Waals surface area contributed by atoms with Crippen molar-refractivity contribution in [3.8, 4) is 0 Å². The molecular formula is C10H18ClNO2. The van der Waals surface area contributed by atoms with Crippen molar-refractivity contribution in [1.82, 2.24) is 5.32 Å². The topological polar surface area (TPSA) is 49.3 Å². The van der Waals surface area contributed by atoms with Crippen molar-refractivity contribution in [2.24, 2.45) is 5.92 Å². The normalized spacial score (nSPS) is 41.2. The highest BCUT2D eigenvalue weighted by Crippen LogP contribution is 2.37. The van der Waals surface area contributed by atoms with Gasteiger partial charge in [-0.3, -0.25) is 10.1 Å². The lowest BCUT2D eigenvalue weighted by Crippen LogP contribution is -2.47. The molecule has 0 unspecified atom stereocenters. The number of rotatable bonds is 1. The number of hydrogen-bond donors (Lipinski definition) is 2. The standard InChI is InChI=1S/C10H17NO2.ClH/c1-10(9(12)13)6-7-4-2-3-5-8(7)11-10;/h7-8,11H,2-6H2,1H3,(H,12,13);1H/t7-,8-,10-;/m0./s1. The Morgan fingerprint density at radius 1 is 1.43 bits per heavy atom. The molecule has 2 N–H and O–H groups in total. The van der Waals surface area contributed by atoms with Crippen molar-refractivity contribution in [1.29, 1.82) is 0 Å². The first-order valence-corrected chi connectivity index (χ1v) is 5.13. The lowest BCUT2D eigenvalue weighted by atomic mass is 9.83. The van der Waals surface area contributed by atoms with Gasteiger partial charge in [0.15, 0.2) is 0 Å². The second-order valence-corrected chi connectivity index (χ2v) is 4.64. The first-order valence-electron chi connectivity index (χ1n) is 5.13. The van der Waals surface area contributed by atoms with Crippen molar-refractivity contribution < 1.29 is 9.90 Å². The van der Waals surface area contributed by atoms with Crippen LogP contribution in [0.5, 0.6) is 0 Å². The van der Waals surface area contributed by atoms with Crippen LogP contribution < -0.4 is 5.32 Å². The van der Waals surface area contributed by atoms with Crippen molar-refractivity contribution >= 4 is 18.4 Å². The highest BCUT2D eigenvalue weighted by Gasteiger charge is 2.46. The van der Waals surface area contributed by atoms with Crippen molar-refractivity contribution in [3.63, 3.8) is 0 Å². The minimum atomic E-state index is -0.693. The van der Waals surface area contributed by atoms with Gasteiger partial charge in [-0.05, 0) is 32.1 Å². The minimum Gasteiger partial charge on any atom is -0.480 e. The molecule has 0 spiro atoms. The second-order valence-electron chi connectivity index (χ2n) is 4.64. The summed E-state index contributed by atoms with van der Waals surface area (Å²) in [5.74, 6) is -0.0863. The third-order valence-electron chi connectivity index (χ3n) is 3.56. The zero-order valence-electron chi connectivity index (χ0n) is 8.45. The Morgan fingerprint density at radius 2 is 2.07 bits per heavy atom. The summed E-state index contributed by atoms with van der Waals surface area (Å²) in [6.07, 6.45) is 5.71. The third kappa shape index (κ3) is 1.89. The summed E-state index contributed by atoms with van der Waals surface area (Å²) in [5, 5.41) is 12.3. The van der Waals surface area contributed by atoms with Gasteiger partial charge in [-0.2, -0.15) is 0 Å². The van der Waals surface area contributed by atoms with Crippen LogP contribution in [0.2, 0.25) is 0 Å². The van der Waals surface area contributed by atoms with E-state index in [2.05, 4.69) is 5.32 Å². The average molecular weight is 220 g/mol. The predicted octanol–water partition coefficient (Wildman–Crippen LogP) is 1.80. The summed E-state index contributed by atoms with van der Waals surface area (Å²) in [4.78, 5) is 11.0. The van der Waals surface area contributed by atoms with E-state index in [4.69, 9.17) is 5.11 Å². The van der Waals surface area contributed by atoms with E-state index in [0.717, 1.165) is 12.8 Å². The molecule has 1 saturated heterocycles. The van der Waals surface area contributed by atoms with Crippen LogP contribution in [0.4, 0.5) is 0 Å². The molecule has 82 valence electrons. The number of carbonyl (C=O) groups is 1. The Kier molecular flexibility index (Phi) is 3.43. The first-order chi connectivity index (χ1) is 6.12. The van der Waals surface area contributed by atoms with E-state index in [1.54, 1.807) is 0 Å². The summed E-state index contributed by atoms with van der Waals surface area (Å²) in [6, 6.07) is 0.467. The molecule has 14 heavy (non-hydrogen) atoms. The molecule has 1 saturated carbocycles. The molecular weight excluding hydrogens is 202 g/mol.